The number of carbonyl (C=O) groups excluding carboxylic acids is 2. The maximum absolute atomic E-state index is 13.1. The van der Waals surface area contributed by atoms with Crippen LogP contribution in [0.1, 0.15) is 28.9 Å². The zero-order chi connectivity index (χ0) is 19.4. The summed E-state index contributed by atoms with van der Waals surface area (Å²) in [4.78, 5) is 24.5. The zero-order valence-corrected chi connectivity index (χ0v) is 14.8. The lowest BCUT2D eigenvalue weighted by molar-refractivity contribution is -0.122. The van der Waals surface area contributed by atoms with Gasteiger partial charge >= 0.3 is 0 Å². The Morgan fingerprint density at radius 3 is 2.67 bits per heavy atom. The third kappa shape index (κ3) is 4.20. The van der Waals surface area contributed by atoms with Crippen molar-refractivity contribution in [2.45, 2.75) is 26.4 Å². The fourth-order valence-corrected chi connectivity index (χ4v) is 2.44. The molecule has 0 radical (unpaired) electrons. The van der Waals surface area contributed by atoms with E-state index in [1.165, 1.54) is 35.2 Å². The van der Waals surface area contributed by atoms with E-state index in [0.717, 1.165) is 0 Å². The van der Waals surface area contributed by atoms with E-state index in [0.29, 0.717) is 17.1 Å². The van der Waals surface area contributed by atoms with Crippen LogP contribution in [-0.2, 0) is 11.3 Å². The molecule has 0 spiro atoms. The van der Waals surface area contributed by atoms with Crippen molar-refractivity contribution in [1.82, 2.24) is 25.6 Å². The van der Waals surface area contributed by atoms with E-state index in [9.17, 15) is 14.0 Å². The van der Waals surface area contributed by atoms with Gasteiger partial charge in [-0.25, -0.2) is 9.07 Å². The van der Waals surface area contributed by atoms with Gasteiger partial charge in [0.2, 0.25) is 5.91 Å². The largest absolute Gasteiger partial charge is 0.467 e. The van der Waals surface area contributed by atoms with Crippen LogP contribution in [0.25, 0.3) is 5.69 Å². The third-order valence-electron chi connectivity index (χ3n) is 3.94. The summed E-state index contributed by atoms with van der Waals surface area (Å²) in [6, 6.07) is 8.33. The third-order valence-corrected chi connectivity index (χ3v) is 3.94. The van der Waals surface area contributed by atoms with E-state index in [4.69, 9.17) is 4.42 Å². The number of hydrogen-bond donors (Lipinski definition) is 2. The Balaban J connectivity index is 1.63. The van der Waals surface area contributed by atoms with Crippen molar-refractivity contribution in [2.24, 2.45) is 0 Å². The molecule has 1 aromatic carbocycles. The van der Waals surface area contributed by atoms with Crippen molar-refractivity contribution in [1.29, 1.82) is 0 Å². The minimum Gasteiger partial charge on any atom is -0.467 e. The van der Waals surface area contributed by atoms with E-state index >= 15 is 0 Å². The van der Waals surface area contributed by atoms with Crippen LogP contribution >= 0.6 is 0 Å². The lowest BCUT2D eigenvalue weighted by Gasteiger charge is -2.13. The number of rotatable bonds is 6. The van der Waals surface area contributed by atoms with Crippen LogP contribution in [0, 0.1) is 12.7 Å². The second-order valence-electron chi connectivity index (χ2n) is 5.90. The second kappa shape index (κ2) is 7.81. The lowest BCUT2D eigenvalue weighted by Crippen LogP contribution is -2.44. The van der Waals surface area contributed by atoms with Crippen molar-refractivity contribution in [3.8, 4) is 5.69 Å². The molecule has 0 aliphatic carbocycles. The molecule has 2 heterocycles. The Morgan fingerprint density at radius 1 is 1.26 bits per heavy atom. The van der Waals surface area contributed by atoms with Gasteiger partial charge in [-0.2, -0.15) is 0 Å². The molecule has 0 fully saturated rings. The van der Waals surface area contributed by atoms with Gasteiger partial charge in [-0.15, -0.1) is 5.10 Å². The number of carbonyl (C=O) groups is 2. The number of aromatic nitrogens is 3. The first-order valence-electron chi connectivity index (χ1n) is 8.25. The van der Waals surface area contributed by atoms with E-state index in [2.05, 4.69) is 20.9 Å². The number of furan rings is 1. The highest BCUT2D eigenvalue weighted by Gasteiger charge is 2.22. The molecule has 0 saturated carbocycles. The van der Waals surface area contributed by atoms with Gasteiger partial charge in [0.05, 0.1) is 24.2 Å². The number of hydrogen-bond acceptors (Lipinski definition) is 5. The molecule has 27 heavy (non-hydrogen) atoms. The van der Waals surface area contributed by atoms with Gasteiger partial charge in [0.25, 0.3) is 5.91 Å². The fourth-order valence-electron chi connectivity index (χ4n) is 2.44. The van der Waals surface area contributed by atoms with Crippen LogP contribution in [0.15, 0.2) is 47.1 Å². The first-order valence-corrected chi connectivity index (χ1v) is 8.25. The second-order valence-corrected chi connectivity index (χ2v) is 5.90. The van der Waals surface area contributed by atoms with Gasteiger partial charge in [-0.3, -0.25) is 9.59 Å². The monoisotopic (exact) mass is 371 g/mol. The first-order chi connectivity index (χ1) is 13.0. The van der Waals surface area contributed by atoms with E-state index in [1.807, 2.05) is 0 Å². The molecule has 2 aromatic heterocycles. The number of benzene rings is 1. The highest BCUT2D eigenvalue weighted by atomic mass is 19.1. The summed E-state index contributed by atoms with van der Waals surface area (Å²) in [5.74, 6) is -0.645. The number of amides is 2. The van der Waals surface area contributed by atoms with Crippen molar-refractivity contribution in [3.05, 3.63) is 65.6 Å². The van der Waals surface area contributed by atoms with Gasteiger partial charge < -0.3 is 15.1 Å². The highest BCUT2D eigenvalue weighted by molar-refractivity contribution is 5.96. The van der Waals surface area contributed by atoms with Crippen LogP contribution in [-0.4, -0.2) is 32.9 Å². The molecule has 140 valence electrons. The van der Waals surface area contributed by atoms with Crippen molar-refractivity contribution >= 4 is 11.8 Å². The quantitative estimate of drug-likeness (QED) is 0.687. The molecule has 1 atom stereocenters. The Morgan fingerprint density at radius 2 is 2.00 bits per heavy atom. The maximum atomic E-state index is 13.1. The van der Waals surface area contributed by atoms with Crippen molar-refractivity contribution < 1.29 is 18.4 Å². The highest BCUT2D eigenvalue weighted by Crippen LogP contribution is 2.13. The topological polar surface area (TPSA) is 102 Å². The summed E-state index contributed by atoms with van der Waals surface area (Å²) in [6.45, 7) is 3.46. The molecule has 0 aliphatic heterocycles. The van der Waals surface area contributed by atoms with Crippen LogP contribution in [0.4, 0.5) is 4.39 Å². The number of halogens is 1. The van der Waals surface area contributed by atoms with Crippen LogP contribution in [0.3, 0.4) is 0 Å². The van der Waals surface area contributed by atoms with Crippen LogP contribution in [0.5, 0.6) is 0 Å². The predicted octanol–water partition coefficient (Wildman–Crippen LogP) is 1.74. The average molecular weight is 371 g/mol. The molecule has 3 aromatic rings. The minimum absolute atomic E-state index is 0.0880. The molecule has 9 heteroatoms. The van der Waals surface area contributed by atoms with Crippen LogP contribution < -0.4 is 10.6 Å². The Hall–Kier alpha value is -3.49. The summed E-state index contributed by atoms with van der Waals surface area (Å²) in [5.41, 5.74) is 1.14. The lowest BCUT2D eigenvalue weighted by atomic mass is 10.2. The zero-order valence-electron chi connectivity index (χ0n) is 14.8. The van der Waals surface area contributed by atoms with Gasteiger partial charge in [0.1, 0.15) is 17.6 Å². The molecule has 0 bridgehead atoms. The summed E-state index contributed by atoms with van der Waals surface area (Å²) in [6.07, 6.45) is 1.51. The van der Waals surface area contributed by atoms with Gasteiger partial charge in [-0.05, 0) is 50.2 Å². The molecular weight excluding hydrogens is 353 g/mol. The first kappa shape index (κ1) is 18.3. The molecule has 3 rings (SSSR count). The number of nitrogens with zero attached hydrogens (tertiary/aromatic N) is 3. The van der Waals surface area contributed by atoms with Crippen molar-refractivity contribution in [2.75, 3.05) is 0 Å². The molecule has 0 saturated heterocycles. The molecule has 2 N–H and O–H groups in total. The SMILES string of the molecule is Cc1c(C(=O)NC(C)C(=O)NCc2ccco2)nnn1-c1ccc(F)cc1. The van der Waals surface area contributed by atoms with Gasteiger partial charge in [-0.1, -0.05) is 5.21 Å². The predicted molar refractivity (Wildman–Crippen MR) is 93.5 cm³/mol. The van der Waals surface area contributed by atoms with E-state index in [1.54, 1.807) is 26.0 Å². The minimum atomic E-state index is -0.775. The summed E-state index contributed by atoms with van der Waals surface area (Å²) in [7, 11) is 0. The normalized spacial score (nSPS) is 11.8. The average Bonchev–Trinajstić information content (AvgIpc) is 3.30. The van der Waals surface area contributed by atoms with Gasteiger partial charge in [0.15, 0.2) is 5.69 Å². The summed E-state index contributed by atoms with van der Waals surface area (Å²) < 4.78 is 19.6. The molecule has 0 aliphatic rings. The summed E-state index contributed by atoms with van der Waals surface area (Å²) in [5, 5.41) is 13.1. The Bertz CT molecular complexity index is 935. The van der Waals surface area contributed by atoms with Crippen molar-refractivity contribution in [3.63, 3.8) is 0 Å². The maximum Gasteiger partial charge on any atom is 0.274 e. The van der Waals surface area contributed by atoms with E-state index in [-0.39, 0.29) is 24.0 Å². The van der Waals surface area contributed by atoms with E-state index < -0.39 is 11.9 Å². The smallest absolute Gasteiger partial charge is 0.274 e. The molecule has 2 amide bonds. The molecule has 1 unspecified atom stereocenters. The summed E-state index contributed by atoms with van der Waals surface area (Å²) >= 11 is 0. The number of nitrogens with one attached hydrogen (secondary N) is 2. The standard InChI is InChI=1S/C18H18FN5O3/c1-11(17(25)20-10-15-4-3-9-27-15)21-18(26)16-12(2)24(23-22-16)14-7-5-13(19)6-8-14/h3-9,11H,10H2,1-2H3,(H,20,25)(H,21,26). The molecule has 8 nitrogen and oxygen atoms in total. The van der Waals surface area contributed by atoms with Gasteiger partial charge in [0, 0.05) is 0 Å². The van der Waals surface area contributed by atoms with Crippen LogP contribution in [0.2, 0.25) is 0 Å². The Kier molecular flexibility index (Phi) is 5.30. The molecular formula is C18H18FN5O3. The fraction of sp³-hybridized carbons (Fsp3) is 0.222. The Labute approximate surface area is 154 Å².